The van der Waals surface area contributed by atoms with Gasteiger partial charge in [0, 0.05) is 23.7 Å². The van der Waals surface area contributed by atoms with Crippen molar-refractivity contribution in [1.82, 2.24) is 10.6 Å². The molecule has 2 amide bonds. The third-order valence-corrected chi connectivity index (χ3v) is 4.14. The first-order valence-corrected chi connectivity index (χ1v) is 8.40. The summed E-state index contributed by atoms with van der Waals surface area (Å²) in [4.78, 5) is 24.3. The fraction of sp³-hybridized carbons (Fsp3) is 0.556. The molecule has 0 aliphatic heterocycles. The normalized spacial score (nSPS) is 15.3. The van der Waals surface area contributed by atoms with Crippen LogP contribution in [0.2, 0.25) is 0 Å². The molecule has 0 aromatic heterocycles. The van der Waals surface area contributed by atoms with Crippen molar-refractivity contribution >= 4 is 11.8 Å². The molecule has 0 bridgehead atoms. The lowest BCUT2D eigenvalue weighted by Crippen LogP contribution is -2.36. The highest BCUT2D eigenvalue weighted by Crippen LogP contribution is 2.18. The molecule has 0 saturated heterocycles. The van der Waals surface area contributed by atoms with Crippen LogP contribution in [0.25, 0.3) is 0 Å². The van der Waals surface area contributed by atoms with E-state index in [-0.39, 0.29) is 17.9 Å². The topological polar surface area (TPSA) is 58.2 Å². The van der Waals surface area contributed by atoms with E-state index in [1.54, 1.807) is 24.3 Å². The zero-order chi connectivity index (χ0) is 15.8. The standard InChI is InChI=1S/C18H26N2O2/c1-2-3-12-19-17(21)14-8-7-9-15(13-14)18(22)20-16-10-5-4-6-11-16/h7-9,13,16H,2-6,10-12H2,1H3,(H,19,21)(H,20,22). The van der Waals surface area contributed by atoms with Gasteiger partial charge in [0.15, 0.2) is 0 Å². The van der Waals surface area contributed by atoms with Crippen LogP contribution in [0.5, 0.6) is 0 Å². The van der Waals surface area contributed by atoms with Gasteiger partial charge in [0.1, 0.15) is 0 Å². The fourth-order valence-corrected chi connectivity index (χ4v) is 2.80. The molecule has 0 heterocycles. The van der Waals surface area contributed by atoms with E-state index in [1.165, 1.54) is 19.3 Å². The van der Waals surface area contributed by atoms with Crippen LogP contribution in [0.15, 0.2) is 24.3 Å². The molecule has 2 rings (SSSR count). The molecule has 2 N–H and O–H groups in total. The Morgan fingerprint density at radius 2 is 1.77 bits per heavy atom. The van der Waals surface area contributed by atoms with Crippen LogP contribution in [0, 0.1) is 0 Å². The predicted octanol–water partition coefficient (Wildman–Crippen LogP) is 3.28. The quantitative estimate of drug-likeness (QED) is 0.792. The second-order valence-corrected chi connectivity index (χ2v) is 6.00. The molecule has 4 nitrogen and oxygen atoms in total. The molecular formula is C18H26N2O2. The maximum Gasteiger partial charge on any atom is 0.251 e. The zero-order valence-corrected chi connectivity index (χ0v) is 13.4. The minimum atomic E-state index is -0.110. The lowest BCUT2D eigenvalue weighted by atomic mass is 9.95. The number of amides is 2. The van der Waals surface area contributed by atoms with Crippen molar-refractivity contribution in [1.29, 1.82) is 0 Å². The summed E-state index contributed by atoms with van der Waals surface area (Å²) < 4.78 is 0. The van der Waals surface area contributed by atoms with Crippen LogP contribution in [-0.2, 0) is 0 Å². The lowest BCUT2D eigenvalue weighted by Gasteiger charge is -2.22. The van der Waals surface area contributed by atoms with Gasteiger partial charge in [-0.05, 0) is 37.5 Å². The zero-order valence-electron chi connectivity index (χ0n) is 13.4. The van der Waals surface area contributed by atoms with E-state index in [0.29, 0.717) is 17.7 Å². The molecule has 1 fully saturated rings. The highest BCUT2D eigenvalue weighted by Gasteiger charge is 2.17. The van der Waals surface area contributed by atoms with E-state index < -0.39 is 0 Å². The third kappa shape index (κ3) is 4.86. The maximum atomic E-state index is 12.3. The number of carbonyl (C=O) groups is 2. The van der Waals surface area contributed by atoms with Crippen molar-refractivity contribution in [3.63, 3.8) is 0 Å². The van der Waals surface area contributed by atoms with E-state index in [2.05, 4.69) is 17.6 Å². The Morgan fingerprint density at radius 1 is 1.09 bits per heavy atom. The monoisotopic (exact) mass is 302 g/mol. The van der Waals surface area contributed by atoms with Gasteiger partial charge in [0.2, 0.25) is 0 Å². The summed E-state index contributed by atoms with van der Waals surface area (Å²) in [6.07, 6.45) is 7.76. The number of benzene rings is 1. The number of hydrogen-bond acceptors (Lipinski definition) is 2. The summed E-state index contributed by atoms with van der Waals surface area (Å²) in [5.41, 5.74) is 1.11. The Balaban J connectivity index is 1.94. The Morgan fingerprint density at radius 3 is 2.45 bits per heavy atom. The van der Waals surface area contributed by atoms with Crippen molar-refractivity contribution in [3.8, 4) is 0 Å². The molecule has 4 heteroatoms. The average Bonchev–Trinajstić information content (AvgIpc) is 2.56. The SMILES string of the molecule is CCCCNC(=O)c1cccc(C(=O)NC2CCCCC2)c1. The Kier molecular flexibility index (Phi) is 6.44. The Labute approximate surface area is 132 Å². The van der Waals surface area contributed by atoms with E-state index in [0.717, 1.165) is 25.7 Å². The molecule has 0 spiro atoms. The summed E-state index contributed by atoms with van der Waals surface area (Å²) in [5.74, 6) is -0.184. The van der Waals surface area contributed by atoms with Crippen molar-refractivity contribution in [2.24, 2.45) is 0 Å². The molecule has 120 valence electrons. The van der Waals surface area contributed by atoms with E-state index in [1.807, 2.05) is 0 Å². The van der Waals surface area contributed by atoms with Gasteiger partial charge in [-0.15, -0.1) is 0 Å². The van der Waals surface area contributed by atoms with Crippen LogP contribution >= 0.6 is 0 Å². The molecular weight excluding hydrogens is 276 g/mol. The first-order chi connectivity index (χ1) is 10.7. The van der Waals surface area contributed by atoms with Gasteiger partial charge in [0.05, 0.1) is 0 Å². The van der Waals surface area contributed by atoms with Gasteiger partial charge in [0.25, 0.3) is 11.8 Å². The van der Waals surface area contributed by atoms with Crippen molar-refractivity contribution < 1.29 is 9.59 Å². The number of carbonyl (C=O) groups excluding carboxylic acids is 2. The van der Waals surface area contributed by atoms with Gasteiger partial charge in [-0.1, -0.05) is 38.7 Å². The van der Waals surface area contributed by atoms with E-state index >= 15 is 0 Å². The van der Waals surface area contributed by atoms with Crippen LogP contribution in [0.3, 0.4) is 0 Å². The van der Waals surface area contributed by atoms with Crippen molar-refractivity contribution in [2.45, 2.75) is 57.9 Å². The third-order valence-electron chi connectivity index (χ3n) is 4.14. The molecule has 1 aromatic rings. The second-order valence-electron chi connectivity index (χ2n) is 6.00. The summed E-state index contributed by atoms with van der Waals surface area (Å²) in [7, 11) is 0. The molecule has 22 heavy (non-hydrogen) atoms. The molecule has 1 saturated carbocycles. The van der Waals surface area contributed by atoms with Gasteiger partial charge in [-0.25, -0.2) is 0 Å². The first kappa shape index (κ1) is 16.5. The summed E-state index contributed by atoms with van der Waals surface area (Å²) in [6.45, 7) is 2.76. The lowest BCUT2D eigenvalue weighted by molar-refractivity contribution is 0.0927. The van der Waals surface area contributed by atoms with E-state index in [4.69, 9.17) is 0 Å². The number of hydrogen-bond donors (Lipinski definition) is 2. The van der Waals surface area contributed by atoms with Crippen LogP contribution in [0.1, 0.15) is 72.6 Å². The minimum absolute atomic E-state index is 0.0740. The number of unbranched alkanes of at least 4 members (excludes halogenated alkanes) is 1. The largest absolute Gasteiger partial charge is 0.352 e. The molecule has 1 aromatic carbocycles. The second kappa shape index (κ2) is 8.57. The molecule has 0 radical (unpaired) electrons. The number of nitrogens with one attached hydrogen (secondary N) is 2. The van der Waals surface area contributed by atoms with Gasteiger partial charge < -0.3 is 10.6 Å². The average molecular weight is 302 g/mol. The van der Waals surface area contributed by atoms with Gasteiger partial charge >= 0.3 is 0 Å². The Bertz CT molecular complexity index is 508. The highest BCUT2D eigenvalue weighted by molar-refractivity contribution is 5.99. The smallest absolute Gasteiger partial charge is 0.251 e. The fourth-order valence-electron chi connectivity index (χ4n) is 2.80. The number of rotatable bonds is 6. The molecule has 0 atom stereocenters. The van der Waals surface area contributed by atoms with Crippen LogP contribution in [-0.4, -0.2) is 24.4 Å². The van der Waals surface area contributed by atoms with E-state index in [9.17, 15) is 9.59 Å². The maximum absolute atomic E-state index is 12.3. The van der Waals surface area contributed by atoms with Crippen molar-refractivity contribution in [3.05, 3.63) is 35.4 Å². The minimum Gasteiger partial charge on any atom is -0.352 e. The molecule has 1 aliphatic carbocycles. The van der Waals surface area contributed by atoms with Gasteiger partial charge in [-0.3, -0.25) is 9.59 Å². The van der Waals surface area contributed by atoms with Crippen LogP contribution < -0.4 is 10.6 Å². The highest BCUT2D eigenvalue weighted by atomic mass is 16.2. The van der Waals surface area contributed by atoms with Crippen molar-refractivity contribution in [2.75, 3.05) is 6.54 Å². The molecule has 0 unspecified atom stereocenters. The van der Waals surface area contributed by atoms with Crippen LogP contribution in [0.4, 0.5) is 0 Å². The summed E-state index contributed by atoms with van der Waals surface area (Å²) >= 11 is 0. The first-order valence-electron chi connectivity index (χ1n) is 8.40. The molecule has 1 aliphatic rings. The summed E-state index contributed by atoms with van der Waals surface area (Å²) in [6, 6.07) is 7.24. The Hall–Kier alpha value is -1.84. The predicted molar refractivity (Wildman–Crippen MR) is 88.0 cm³/mol. The summed E-state index contributed by atoms with van der Waals surface area (Å²) in [5, 5.41) is 5.96. The van der Waals surface area contributed by atoms with Gasteiger partial charge in [-0.2, -0.15) is 0 Å².